The van der Waals surface area contributed by atoms with Gasteiger partial charge in [-0.2, -0.15) is 0 Å². The molecule has 0 aromatic heterocycles. The molecular weight excluding hydrogens is 522 g/mol. The molecule has 0 heterocycles. The second-order valence-corrected chi connectivity index (χ2v) is 11.4. The molecule has 0 spiro atoms. The number of hydrogen-bond acceptors (Lipinski definition) is 10. The van der Waals surface area contributed by atoms with Gasteiger partial charge in [-0.1, -0.05) is 47.6 Å². The summed E-state index contributed by atoms with van der Waals surface area (Å²) in [6.07, 6.45) is -3.88. The number of carboxylic acid groups (broad SMARTS) is 1. The van der Waals surface area contributed by atoms with Crippen molar-refractivity contribution in [1.82, 2.24) is 0 Å². The van der Waals surface area contributed by atoms with Gasteiger partial charge < -0.3 is 34.5 Å². The molecule has 0 aliphatic rings. The molecule has 3 N–H and O–H groups in total. The number of nitrogens with two attached hydrogens (primary N) is 1. The highest BCUT2D eigenvalue weighted by atomic mass is 16.7. The Morgan fingerprint density at radius 1 is 0.800 bits per heavy atom. The molecule has 1 aromatic rings. The van der Waals surface area contributed by atoms with Gasteiger partial charge in [0.25, 0.3) is 0 Å². The van der Waals surface area contributed by atoms with Gasteiger partial charge in [-0.25, -0.2) is 9.59 Å². The predicted octanol–water partition coefficient (Wildman–Crippen LogP) is 5.50. The number of carbonyl (C=O) groups excluding carboxylic acids is 3. The van der Waals surface area contributed by atoms with Gasteiger partial charge in [0.15, 0.2) is 11.5 Å². The normalized spacial score (nSPS) is 15.1. The highest BCUT2D eigenvalue weighted by Gasteiger charge is 2.37. The molecule has 1 rings (SSSR count). The Balaban J connectivity index is 3.24. The van der Waals surface area contributed by atoms with Gasteiger partial charge in [0, 0.05) is 19.3 Å². The van der Waals surface area contributed by atoms with Crippen molar-refractivity contribution in [2.75, 3.05) is 0 Å². The fourth-order valence-electron chi connectivity index (χ4n) is 3.39. The first-order valence-electron chi connectivity index (χ1n) is 13.5. The van der Waals surface area contributed by atoms with Gasteiger partial charge in [-0.15, -0.1) is 0 Å². The van der Waals surface area contributed by atoms with E-state index in [1.54, 1.807) is 20.8 Å². The van der Waals surface area contributed by atoms with Crippen LogP contribution in [0, 0.1) is 17.8 Å². The van der Waals surface area contributed by atoms with Crippen molar-refractivity contribution in [3.63, 3.8) is 0 Å². The minimum Gasteiger partial charge on any atom is -0.480 e. The smallest absolute Gasteiger partial charge is 0.480 e. The maximum Gasteiger partial charge on any atom is 0.514 e. The number of benzene rings is 1. The maximum absolute atomic E-state index is 12.5. The highest BCUT2D eigenvalue weighted by Crippen LogP contribution is 2.32. The van der Waals surface area contributed by atoms with E-state index in [1.165, 1.54) is 18.2 Å². The van der Waals surface area contributed by atoms with Crippen LogP contribution in [0.25, 0.3) is 0 Å². The van der Waals surface area contributed by atoms with Crippen LogP contribution < -0.4 is 15.2 Å². The van der Waals surface area contributed by atoms with E-state index in [-0.39, 0.29) is 48.5 Å². The van der Waals surface area contributed by atoms with E-state index in [1.807, 2.05) is 41.5 Å². The first kappa shape index (κ1) is 34.7. The lowest BCUT2D eigenvalue weighted by molar-refractivity contribution is -0.154. The predicted molar refractivity (Wildman–Crippen MR) is 147 cm³/mol. The zero-order valence-electron chi connectivity index (χ0n) is 25.0. The zero-order valence-corrected chi connectivity index (χ0v) is 25.0. The van der Waals surface area contributed by atoms with Crippen molar-refractivity contribution in [2.24, 2.45) is 23.5 Å². The minimum atomic E-state index is -1.82. The van der Waals surface area contributed by atoms with Crippen LogP contribution in [-0.2, 0) is 30.2 Å². The first-order chi connectivity index (χ1) is 18.4. The third-order valence-corrected chi connectivity index (χ3v) is 6.34. The second kappa shape index (κ2) is 15.4. The molecule has 0 amide bonds. The molecule has 11 heteroatoms. The van der Waals surface area contributed by atoms with E-state index >= 15 is 0 Å². The van der Waals surface area contributed by atoms with E-state index in [0.29, 0.717) is 5.56 Å². The lowest BCUT2D eigenvalue weighted by atomic mass is 9.86. The Morgan fingerprint density at radius 2 is 1.30 bits per heavy atom. The van der Waals surface area contributed by atoms with E-state index in [9.17, 15) is 24.3 Å². The summed E-state index contributed by atoms with van der Waals surface area (Å²) in [5.74, 6) is -1.92. The SMILES string of the molecule is CC(C)CC(=O)O[C@@H](C)CC(N)(Cc1ccc(OC(=O)OC(C)C(C)C)c(OC(=O)OC(C)C(C)C)c1)C(=O)O. The van der Waals surface area contributed by atoms with E-state index < -0.39 is 48.1 Å². The average Bonchev–Trinajstić information content (AvgIpc) is 2.79. The summed E-state index contributed by atoms with van der Waals surface area (Å²) in [5.41, 5.74) is 4.81. The van der Waals surface area contributed by atoms with Crippen molar-refractivity contribution in [3.8, 4) is 11.5 Å². The number of rotatable bonds is 14. The Morgan fingerprint density at radius 3 is 1.75 bits per heavy atom. The first-order valence-corrected chi connectivity index (χ1v) is 13.5. The number of hydrogen-bond donors (Lipinski definition) is 2. The molecule has 0 fully saturated rings. The Kier molecular flexibility index (Phi) is 13.4. The monoisotopic (exact) mass is 567 g/mol. The molecule has 0 saturated heterocycles. The van der Waals surface area contributed by atoms with E-state index in [2.05, 4.69) is 0 Å². The van der Waals surface area contributed by atoms with Crippen molar-refractivity contribution in [1.29, 1.82) is 0 Å². The lowest BCUT2D eigenvalue weighted by Gasteiger charge is -2.28. The molecule has 4 atom stereocenters. The summed E-state index contributed by atoms with van der Waals surface area (Å²) in [6, 6.07) is 4.18. The largest absolute Gasteiger partial charge is 0.514 e. The molecule has 3 unspecified atom stereocenters. The topological polar surface area (TPSA) is 161 Å². The van der Waals surface area contributed by atoms with Crippen LogP contribution in [0.4, 0.5) is 9.59 Å². The summed E-state index contributed by atoms with van der Waals surface area (Å²) in [4.78, 5) is 49.1. The van der Waals surface area contributed by atoms with Crippen molar-refractivity contribution in [3.05, 3.63) is 23.8 Å². The molecule has 0 bridgehead atoms. The molecule has 0 aliphatic carbocycles. The van der Waals surface area contributed by atoms with Gasteiger partial charge in [0.2, 0.25) is 0 Å². The standard InChI is InChI=1S/C29H45NO10/c1-16(2)12-25(31)36-19(7)14-29(30,26(32)33)15-22-10-11-23(39-27(34)37-20(8)17(3)4)24(13-22)40-28(35)38-21(9)18(5)6/h10-11,13,16-21H,12,14-15,30H2,1-9H3,(H,32,33)/t19-,20?,21?,29?/m0/s1. The number of esters is 1. The minimum absolute atomic E-state index is 0.0205. The quantitative estimate of drug-likeness (QED) is 0.166. The summed E-state index contributed by atoms with van der Waals surface area (Å²) in [5, 5.41) is 9.93. The van der Waals surface area contributed by atoms with Gasteiger partial charge in [0.1, 0.15) is 23.9 Å². The number of aliphatic carboxylic acids is 1. The second-order valence-electron chi connectivity index (χ2n) is 11.4. The van der Waals surface area contributed by atoms with Crippen molar-refractivity contribution >= 4 is 24.2 Å². The van der Waals surface area contributed by atoms with E-state index in [0.717, 1.165) is 0 Å². The van der Waals surface area contributed by atoms with Crippen LogP contribution in [0.3, 0.4) is 0 Å². The third kappa shape index (κ3) is 11.8. The molecule has 40 heavy (non-hydrogen) atoms. The average molecular weight is 568 g/mol. The fraction of sp³-hybridized carbons (Fsp3) is 0.655. The molecule has 1 aromatic carbocycles. The molecule has 0 aliphatic heterocycles. The summed E-state index contributed by atoms with van der Waals surface area (Å²) in [6.45, 7) is 16.2. The molecular formula is C29H45NO10. The summed E-state index contributed by atoms with van der Waals surface area (Å²) >= 11 is 0. The van der Waals surface area contributed by atoms with Crippen LogP contribution in [0.1, 0.15) is 80.7 Å². The van der Waals surface area contributed by atoms with Crippen LogP contribution in [0.5, 0.6) is 11.5 Å². The van der Waals surface area contributed by atoms with Crippen LogP contribution >= 0.6 is 0 Å². The van der Waals surface area contributed by atoms with E-state index in [4.69, 9.17) is 29.4 Å². The maximum atomic E-state index is 12.5. The molecule has 11 nitrogen and oxygen atoms in total. The molecule has 0 saturated carbocycles. The van der Waals surface area contributed by atoms with Crippen LogP contribution in [0.2, 0.25) is 0 Å². The Bertz CT molecular complexity index is 1020. The number of carbonyl (C=O) groups is 4. The van der Waals surface area contributed by atoms with Gasteiger partial charge in [-0.3, -0.25) is 9.59 Å². The third-order valence-electron chi connectivity index (χ3n) is 6.34. The fourth-order valence-corrected chi connectivity index (χ4v) is 3.39. The lowest BCUT2D eigenvalue weighted by Crippen LogP contribution is -2.52. The highest BCUT2D eigenvalue weighted by molar-refractivity contribution is 5.79. The molecule has 226 valence electrons. The van der Waals surface area contributed by atoms with Gasteiger partial charge in [0.05, 0.1) is 0 Å². The van der Waals surface area contributed by atoms with Crippen LogP contribution in [0.15, 0.2) is 18.2 Å². The Hall–Kier alpha value is -3.34. The number of carboxylic acids is 1. The van der Waals surface area contributed by atoms with Crippen molar-refractivity contribution in [2.45, 2.75) is 105 Å². The summed E-state index contributed by atoms with van der Waals surface area (Å²) < 4.78 is 26.5. The van der Waals surface area contributed by atoms with Crippen LogP contribution in [-0.4, -0.2) is 53.2 Å². The van der Waals surface area contributed by atoms with Gasteiger partial charge >= 0.3 is 24.2 Å². The Labute approximate surface area is 236 Å². The van der Waals surface area contributed by atoms with Gasteiger partial charge in [-0.05, 0) is 56.2 Å². The summed E-state index contributed by atoms with van der Waals surface area (Å²) in [7, 11) is 0. The van der Waals surface area contributed by atoms with Crippen molar-refractivity contribution < 1.29 is 48.0 Å². The zero-order chi connectivity index (χ0) is 30.8. The number of ether oxygens (including phenoxy) is 5. The molecule has 0 radical (unpaired) electrons.